The molecule has 0 aliphatic rings. The van der Waals surface area contributed by atoms with E-state index in [-0.39, 0.29) is 17.2 Å². The van der Waals surface area contributed by atoms with Gasteiger partial charge in [0, 0.05) is 22.0 Å². The van der Waals surface area contributed by atoms with E-state index in [0.29, 0.717) is 14.9 Å². The minimum atomic E-state index is -4.64. The van der Waals surface area contributed by atoms with E-state index in [0.717, 1.165) is 28.2 Å². The van der Waals surface area contributed by atoms with Gasteiger partial charge in [0.25, 0.3) is 0 Å². The maximum Gasteiger partial charge on any atom is 0.435 e. The lowest BCUT2D eigenvalue weighted by atomic mass is 10.2. The fraction of sp³-hybridized carbons (Fsp3) is 0.158. The summed E-state index contributed by atoms with van der Waals surface area (Å²) in [6.45, 7) is 0.0893. The van der Waals surface area contributed by atoms with E-state index in [4.69, 9.17) is 28.0 Å². The monoisotopic (exact) mass is 459 g/mol. The Morgan fingerprint density at radius 1 is 1.14 bits per heavy atom. The number of nitrogens with zero attached hydrogens (tertiary/aromatic N) is 3. The van der Waals surface area contributed by atoms with Gasteiger partial charge in [0.15, 0.2) is 5.69 Å². The van der Waals surface area contributed by atoms with Crippen LogP contribution in [0.15, 0.2) is 63.6 Å². The van der Waals surface area contributed by atoms with Crippen LogP contribution in [0.4, 0.5) is 13.2 Å². The Balaban J connectivity index is 1.85. The van der Waals surface area contributed by atoms with Crippen LogP contribution in [-0.2, 0) is 24.7 Å². The largest absolute Gasteiger partial charge is 0.435 e. The van der Waals surface area contributed by atoms with Crippen molar-refractivity contribution in [3.05, 3.63) is 75.4 Å². The van der Waals surface area contributed by atoms with Gasteiger partial charge in [-0.05, 0) is 35.9 Å². The Labute approximate surface area is 179 Å². The highest BCUT2D eigenvalue weighted by atomic mass is 35.5. The van der Waals surface area contributed by atoms with Gasteiger partial charge in [-0.3, -0.25) is 4.68 Å². The maximum absolute atomic E-state index is 13.4. The first-order chi connectivity index (χ1) is 13.7. The zero-order chi connectivity index (χ0) is 21.0. The topological polar surface area (TPSA) is 39.4 Å². The van der Waals surface area contributed by atoms with Crippen LogP contribution in [0.1, 0.15) is 16.8 Å². The van der Waals surface area contributed by atoms with Crippen molar-refractivity contribution in [3.8, 4) is 0 Å². The first kappa shape index (κ1) is 21.5. The molecule has 0 amide bonds. The summed E-state index contributed by atoms with van der Waals surface area (Å²) in [5.41, 5.74) is -0.438. The van der Waals surface area contributed by atoms with E-state index in [1.54, 1.807) is 48.5 Å². The van der Waals surface area contributed by atoms with Crippen LogP contribution in [-0.4, -0.2) is 16.0 Å². The van der Waals surface area contributed by atoms with E-state index >= 15 is 0 Å². The molecule has 1 heterocycles. The number of halogens is 5. The number of hydrogen-bond acceptors (Lipinski definition) is 4. The smallest absolute Gasteiger partial charge is 0.391 e. The molecule has 0 saturated heterocycles. The average molecular weight is 460 g/mol. The Bertz CT molecular complexity index is 1020. The van der Waals surface area contributed by atoms with E-state index < -0.39 is 11.9 Å². The first-order valence-corrected chi connectivity index (χ1v) is 9.78. The van der Waals surface area contributed by atoms with Crippen molar-refractivity contribution >= 4 is 41.2 Å². The summed E-state index contributed by atoms with van der Waals surface area (Å²) in [6.07, 6.45) is -3.61. The Morgan fingerprint density at radius 3 is 2.52 bits per heavy atom. The number of rotatable bonds is 6. The zero-order valence-corrected chi connectivity index (χ0v) is 17.3. The van der Waals surface area contributed by atoms with Crippen LogP contribution in [0.2, 0.25) is 10.0 Å². The number of hydrogen-bond donors (Lipinski definition) is 0. The molecule has 3 rings (SSSR count). The van der Waals surface area contributed by atoms with E-state index in [1.165, 1.54) is 7.05 Å². The molecule has 3 aromatic rings. The Hall–Kier alpha value is -2.16. The summed E-state index contributed by atoms with van der Waals surface area (Å²) in [5.74, 6) is 0. The van der Waals surface area contributed by atoms with Crippen molar-refractivity contribution in [2.45, 2.75) is 22.7 Å². The molecule has 4 nitrogen and oxygen atoms in total. The number of aromatic nitrogens is 2. The summed E-state index contributed by atoms with van der Waals surface area (Å²) in [5, 5.41) is 8.66. The van der Waals surface area contributed by atoms with Crippen LogP contribution >= 0.6 is 35.0 Å². The van der Waals surface area contributed by atoms with Gasteiger partial charge in [-0.1, -0.05) is 58.3 Å². The van der Waals surface area contributed by atoms with Gasteiger partial charge < -0.3 is 4.84 Å². The SMILES string of the molecule is Cn1nc(C(F)(F)F)c(C=NOCc2ccc(Cl)cc2)c1Sc1cccc(Cl)c1. The molecule has 0 unspecified atom stereocenters. The fourth-order valence-corrected chi connectivity index (χ4v) is 3.77. The highest BCUT2D eigenvalue weighted by Gasteiger charge is 2.38. The van der Waals surface area contributed by atoms with Gasteiger partial charge in [-0.15, -0.1) is 0 Å². The van der Waals surface area contributed by atoms with Gasteiger partial charge >= 0.3 is 6.18 Å². The summed E-state index contributed by atoms with van der Waals surface area (Å²) in [7, 11) is 1.44. The zero-order valence-electron chi connectivity index (χ0n) is 15.0. The normalized spacial score (nSPS) is 11.9. The molecule has 0 atom stereocenters. The molecule has 0 aliphatic carbocycles. The van der Waals surface area contributed by atoms with Gasteiger partial charge in [0.1, 0.15) is 11.6 Å². The van der Waals surface area contributed by atoms with E-state index in [2.05, 4.69) is 10.3 Å². The summed E-state index contributed by atoms with van der Waals surface area (Å²) < 4.78 is 41.5. The molecule has 0 aliphatic heterocycles. The minimum Gasteiger partial charge on any atom is -0.391 e. The van der Waals surface area contributed by atoms with Crippen molar-refractivity contribution in [3.63, 3.8) is 0 Å². The third-order valence-electron chi connectivity index (χ3n) is 3.71. The van der Waals surface area contributed by atoms with Gasteiger partial charge in [-0.2, -0.15) is 18.3 Å². The molecule has 0 bridgehead atoms. The standard InChI is InChI=1S/C19H14Cl2F3N3OS/c1-27-18(29-15-4-2-3-14(21)9-15)16(17(26-27)19(22,23)24)10-25-28-11-12-5-7-13(20)8-6-12/h2-10H,11H2,1H3. The third kappa shape index (κ3) is 5.68. The first-order valence-electron chi connectivity index (χ1n) is 8.21. The molecule has 0 N–H and O–H groups in total. The fourth-order valence-electron chi connectivity index (χ4n) is 2.40. The lowest BCUT2D eigenvalue weighted by molar-refractivity contribution is -0.141. The molecule has 152 valence electrons. The van der Waals surface area contributed by atoms with Crippen LogP contribution in [0, 0.1) is 0 Å². The van der Waals surface area contributed by atoms with Crippen LogP contribution in [0.25, 0.3) is 0 Å². The molecule has 0 fully saturated rings. The lowest BCUT2D eigenvalue weighted by Gasteiger charge is -2.06. The second kappa shape index (κ2) is 9.11. The summed E-state index contributed by atoms with van der Waals surface area (Å²) in [6, 6.07) is 13.7. The predicted molar refractivity (Wildman–Crippen MR) is 108 cm³/mol. The highest BCUT2D eigenvalue weighted by Crippen LogP contribution is 2.38. The number of aryl methyl sites for hydroxylation is 1. The quantitative estimate of drug-likeness (QED) is 0.314. The molecule has 10 heteroatoms. The van der Waals surface area contributed by atoms with Gasteiger partial charge in [0.05, 0.1) is 11.8 Å². The van der Waals surface area contributed by atoms with Crippen LogP contribution < -0.4 is 0 Å². The molecule has 0 spiro atoms. The molecular formula is C19H14Cl2F3N3OS. The second-order valence-electron chi connectivity index (χ2n) is 5.88. The second-order valence-corrected chi connectivity index (χ2v) is 7.82. The van der Waals surface area contributed by atoms with E-state index in [1.807, 2.05) is 0 Å². The summed E-state index contributed by atoms with van der Waals surface area (Å²) in [4.78, 5) is 5.83. The molecule has 2 aromatic carbocycles. The lowest BCUT2D eigenvalue weighted by Crippen LogP contribution is -2.09. The third-order valence-corrected chi connectivity index (χ3v) is 5.36. The predicted octanol–water partition coefficient (Wildman–Crippen LogP) is 6.45. The minimum absolute atomic E-state index is 0.0893. The number of alkyl halides is 3. The number of benzene rings is 2. The molecule has 29 heavy (non-hydrogen) atoms. The molecule has 0 saturated carbocycles. The maximum atomic E-state index is 13.4. The Kier molecular flexibility index (Phi) is 6.77. The average Bonchev–Trinajstić information content (AvgIpc) is 2.96. The van der Waals surface area contributed by atoms with Gasteiger partial charge in [0.2, 0.25) is 0 Å². The summed E-state index contributed by atoms with van der Waals surface area (Å²) >= 11 is 12.9. The van der Waals surface area contributed by atoms with Crippen molar-refractivity contribution in [1.29, 1.82) is 0 Å². The van der Waals surface area contributed by atoms with Crippen molar-refractivity contribution in [1.82, 2.24) is 9.78 Å². The van der Waals surface area contributed by atoms with Crippen molar-refractivity contribution < 1.29 is 18.0 Å². The van der Waals surface area contributed by atoms with Crippen molar-refractivity contribution in [2.24, 2.45) is 12.2 Å². The van der Waals surface area contributed by atoms with Crippen molar-refractivity contribution in [2.75, 3.05) is 0 Å². The highest BCUT2D eigenvalue weighted by molar-refractivity contribution is 7.99. The molecular weight excluding hydrogens is 446 g/mol. The van der Waals surface area contributed by atoms with Crippen LogP contribution in [0.3, 0.4) is 0 Å². The molecule has 0 radical (unpaired) electrons. The van der Waals surface area contributed by atoms with E-state index in [9.17, 15) is 13.2 Å². The number of oxime groups is 1. The molecule has 1 aromatic heterocycles. The Morgan fingerprint density at radius 2 is 1.86 bits per heavy atom. The van der Waals surface area contributed by atoms with Gasteiger partial charge in [-0.25, -0.2) is 0 Å². The van der Waals surface area contributed by atoms with Crippen LogP contribution in [0.5, 0.6) is 0 Å².